The summed E-state index contributed by atoms with van der Waals surface area (Å²) < 4.78 is 32.8. The number of rotatable bonds is 1. The van der Waals surface area contributed by atoms with Gasteiger partial charge in [0.15, 0.2) is 0 Å². The van der Waals surface area contributed by atoms with E-state index in [1.807, 2.05) is 13.8 Å². The first kappa shape index (κ1) is 15.5. The van der Waals surface area contributed by atoms with Gasteiger partial charge in [-0.15, -0.1) is 0 Å². The molecule has 6 heteroatoms. The van der Waals surface area contributed by atoms with Crippen molar-refractivity contribution in [2.45, 2.75) is 19.4 Å². The van der Waals surface area contributed by atoms with Crippen molar-refractivity contribution in [3.8, 4) is 0 Å². The zero-order valence-corrected chi connectivity index (χ0v) is 13.6. The third-order valence-electron chi connectivity index (χ3n) is 4.30. The molecule has 4 nitrogen and oxygen atoms in total. The van der Waals surface area contributed by atoms with E-state index in [0.29, 0.717) is 28.1 Å². The van der Waals surface area contributed by atoms with Gasteiger partial charge in [0.05, 0.1) is 11.3 Å². The first-order valence-electron chi connectivity index (χ1n) is 7.74. The molecule has 0 fully saturated rings. The van der Waals surface area contributed by atoms with Crippen molar-refractivity contribution < 1.29 is 18.3 Å². The first-order chi connectivity index (χ1) is 11.8. The van der Waals surface area contributed by atoms with Gasteiger partial charge in [-0.2, -0.15) is 4.39 Å². The number of benzene rings is 1. The normalized spacial score (nSPS) is 20.8. The van der Waals surface area contributed by atoms with Gasteiger partial charge in [-0.25, -0.2) is 9.37 Å². The predicted octanol–water partition coefficient (Wildman–Crippen LogP) is 3.92. The fraction of sp³-hybridized carbons (Fsp3) is 0.158. The summed E-state index contributed by atoms with van der Waals surface area (Å²) in [6, 6.07) is 7.11. The third-order valence-corrected chi connectivity index (χ3v) is 4.30. The van der Waals surface area contributed by atoms with Crippen molar-refractivity contribution in [2.24, 2.45) is 0 Å². The largest absolute Gasteiger partial charge is 0.482 e. The Morgan fingerprint density at radius 2 is 1.96 bits per heavy atom. The second-order valence-electron chi connectivity index (χ2n) is 6.42. The van der Waals surface area contributed by atoms with Crippen LogP contribution in [0.25, 0.3) is 11.1 Å². The average molecular weight is 340 g/mol. The van der Waals surface area contributed by atoms with Crippen molar-refractivity contribution in [3.05, 3.63) is 71.3 Å². The lowest BCUT2D eigenvalue weighted by molar-refractivity contribution is -0.111. The summed E-state index contributed by atoms with van der Waals surface area (Å²) in [5.74, 6) is -0.999. The smallest absolute Gasteiger partial charge is 0.260 e. The molecular formula is C19H14F2N2O2. The predicted molar refractivity (Wildman–Crippen MR) is 89.3 cm³/mol. The van der Waals surface area contributed by atoms with Crippen LogP contribution < -0.4 is 5.32 Å². The fourth-order valence-corrected chi connectivity index (χ4v) is 3.18. The zero-order valence-electron chi connectivity index (χ0n) is 13.6. The minimum atomic E-state index is -0.751. The Bertz CT molecular complexity index is 977. The lowest BCUT2D eigenvalue weighted by atomic mass is 9.93. The van der Waals surface area contributed by atoms with Crippen molar-refractivity contribution in [1.29, 1.82) is 0 Å². The van der Waals surface area contributed by atoms with Crippen LogP contribution in [-0.4, -0.2) is 16.5 Å². The van der Waals surface area contributed by atoms with Crippen LogP contribution >= 0.6 is 0 Å². The van der Waals surface area contributed by atoms with Gasteiger partial charge in [0, 0.05) is 23.4 Å². The highest BCUT2D eigenvalue weighted by atomic mass is 19.1. The monoisotopic (exact) mass is 340 g/mol. The number of carbonyl (C=O) groups is 1. The summed E-state index contributed by atoms with van der Waals surface area (Å²) >= 11 is 0. The van der Waals surface area contributed by atoms with Crippen molar-refractivity contribution in [2.75, 3.05) is 5.32 Å². The molecule has 1 N–H and O–H groups in total. The van der Waals surface area contributed by atoms with E-state index >= 15 is 0 Å². The van der Waals surface area contributed by atoms with E-state index in [-0.39, 0.29) is 5.91 Å². The summed E-state index contributed by atoms with van der Waals surface area (Å²) in [7, 11) is 0. The summed E-state index contributed by atoms with van der Waals surface area (Å²) in [5.41, 5.74) is 1.94. The number of carbonyl (C=O) groups excluding carboxylic acids is 1. The van der Waals surface area contributed by atoms with Crippen LogP contribution in [0.2, 0.25) is 0 Å². The first-order valence-corrected chi connectivity index (χ1v) is 7.74. The minimum absolute atomic E-state index is 0.340. The van der Waals surface area contributed by atoms with E-state index in [1.54, 1.807) is 18.2 Å². The van der Waals surface area contributed by atoms with Gasteiger partial charge in [0.2, 0.25) is 5.95 Å². The molecule has 0 atom stereocenters. The number of fused-ring (bicyclic) bond motifs is 1. The molecule has 1 amide bonds. The van der Waals surface area contributed by atoms with Gasteiger partial charge in [-0.05, 0) is 49.8 Å². The van der Waals surface area contributed by atoms with E-state index in [9.17, 15) is 13.6 Å². The van der Waals surface area contributed by atoms with E-state index in [1.165, 1.54) is 24.4 Å². The van der Waals surface area contributed by atoms with E-state index in [4.69, 9.17) is 4.74 Å². The number of amides is 1. The van der Waals surface area contributed by atoms with E-state index in [2.05, 4.69) is 10.3 Å². The van der Waals surface area contributed by atoms with Gasteiger partial charge in [0.25, 0.3) is 5.91 Å². The van der Waals surface area contributed by atoms with Gasteiger partial charge >= 0.3 is 0 Å². The van der Waals surface area contributed by atoms with Gasteiger partial charge in [-0.3, -0.25) is 4.79 Å². The molecule has 2 aromatic rings. The molecule has 1 aromatic carbocycles. The number of nitrogens with one attached hydrogen (secondary N) is 1. The Balaban J connectivity index is 1.88. The molecule has 25 heavy (non-hydrogen) atoms. The zero-order chi connectivity index (χ0) is 17.8. The number of hydrogen-bond acceptors (Lipinski definition) is 3. The number of halogens is 2. The Morgan fingerprint density at radius 1 is 1.16 bits per heavy atom. The number of hydrogen-bond donors (Lipinski definition) is 1. The molecule has 3 heterocycles. The fourth-order valence-electron chi connectivity index (χ4n) is 3.18. The van der Waals surface area contributed by atoms with Crippen LogP contribution in [0.3, 0.4) is 0 Å². The van der Waals surface area contributed by atoms with Gasteiger partial charge in [0.1, 0.15) is 17.2 Å². The topological polar surface area (TPSA) is 51.2 Å². The maximum absolute atomic E-state index is 13.5. The number of allylic oxidation sites excluding steroid dienone is 1. The maximum atomic E-state index is 13.5. The van der Waals surface area contributed by atoms with Crippen LogP contribution in [0.15, 0.2) is 48.4 Å². The Morgan fingerprint density at radius 3 is 2.72 bits per heavy atom. The third kappa shape index (κ3) is 2.50. The molecule has 0 saturated heterocycles. The van der Waals surface area contributed by atoms with Gasteiger partial charge in [-0.1, -0.05) is 0 Å². The maximum Gasteiger partial charge on any atom is 0.260 e. The summed E-state index contributed by atoms with van der Waals surface area (Å²) in [5, 5.41) is 2.64. The van der Waals surface area contributed by atoms with Crippen LogP contribution in [-0.2, 0) is 9.53 Å². The molecule has 0 saturated carbocycles. The Labute approximate surface area is 142 Å². The quantitative estimate of drug-likeness (QED) is 0.632. The van der Waals surface area contributed by atoms with Crippen molar-refractivity contribution in [3.63, 3.8) is 0 Å². The van der Waals surface area contributed by atoms with Crippen LogP contribution in [0.4, 0.5) is 14.5 Å². The molecule has 0 unspecified atom stereocenters. The molecular weight excluding hydrogens is 326 g/mol. The average Bonchev–Trinajstić information content (AvgIpc) is 3.02. The van der Waals surface area contributed by atoms with Crippen molar-refractivity contribution >= 4 is 22.7 Å². The van der Waals surface area contributed by atoms with Crippen LogP contribution in [0.1, 0.15) is 25.0 Å². The molecule has 0 radical (unpaired) electrons. The second-order valence-corrected chi connectivity index (χ2v) is 6.42. The lowest BCUT2D eigenvalue weighted by Gasteiger charge is -2.23. The lowest BCUT2D eigenvalue weighted by Crippen LogP contribution is -2.21. The van der Waals surface area contributed by atoms with E-state index in [0.717, 1.165) is 5.57 Å². The summed E-state index contributed by atoms with van der Waals surface area (Å²) in [6.07, 6.45) is 3.11. The van der Waals surface area contributed by atoms with Gasteiger partial charge < -0.3 is 10.1 Å². The molecule has 1 aromatic heterocycles. The molecule has 2 aliphatic heterocycles. The van der Waals surface area contributed by atoms with Crippen LogP contribution in [0, 0.1) is 11.8 Å². The summed E-state index contributed by atoms with van der Waals surface area (Å²) in [4.78, 5) is 15.9. The molecule has 0 aliphatic carbocycles. The molecule has 4 rings (SSSR count). The molecule has 2 aliphatic rings. The van der Waals surface area contributed by atoms with Crippen LogP contribution in [0.5, 0.6) is 0 Å². The number of pyridine rings is 1. The van der Waals surface area contributed by atoms with E-state index < -0.39 is 17.4 Å². The second kappa shape index (κ2) is 5.24. The summed E-state index contributed by atoms with van der Waals surface area (Å²) in [6.45, 7) is 3.67. The highest BCUT2D eigenvalue weighted by molar-refractivity contribution is 6.32. The SMILES string of the molecule is CC1(C)O/C(=C2/C(=O)Nc3cc(F)ccc32)C=C1c1ccnc(F)c1. The Hall–Kier alpha value is -3.02. The standard InChI is InChI=1S/C19H14F2N2O2/c1-19(2)13(10-5-6-22-16(21)7-10)9-15(25-19)17-12-4-3-11(20)8-14(12)23-18(17)24/h3-9H,1-2H3,(H,23,24)/b17-15+. The van der Waals surface area contributed by atoms with Crippen molar-refractivity contribution in [1.82, 2.24) is 4.98 Å². The molecule has 126 valence electrons. The molecule has 0 bridgehead atoms. The number of nitrogens with zero attached hydrogens (tertiary/aromatic N) is 1. The number of ether oxygens (including phenoxy) is 1. The minimum Gasteiger partial charge on any atom is -0.482 e. The number of anilines is 1. The molecule has 0 spiro atoms. The highest BCUT2D eigenvalue weighted by Gasteiger charge is 2.38. The Kier molecular flexibility index (Phi) is 3.25. The number of aromatic nitrogens is 1. The highest BCUT2D eigenvalue weighted by Crippen LogP contribution is 2.44.